The van der Waals surface area contributed by atoms with E-state index in [1.807, 2.05) is 13.8 Å². The Kier molecular flexibility index (Phi) is 6.15. The van der Waals surface area contributed by atoms with E-state index in [2.05, 4.69) is 4.98 Å². The summed E-state index contributed by atoms with van der Waals surface area (Å²) in [5, 5.41) is 1.05. The third-order valence-corrected chi connectivity index (χ3v) is 4.82. The van der Waals surface area contributed by atoms with E-state index in [1.165, 1.54) is 12.1 Å². The summed E-state index contributed by atoms with van der Waals surface area (Å²) < 4.78 is 13.4. The third kappa shape index (κ3) is 3.94. The molecule has 3 rings (SSSR count). The van der Waals surface area contributed by atoms with Crippen LogP contribution in [0.5, 0.6) is 0 Å². The molecule has 0 atom stereocenters. The van der Waals surface area contributed by atoms with Gasteiger partial charge in [-0.25, -0.2) is 4.39 Å². The van der Waals surface area contributed by atoms with Gasteiger partial charge in [0.05, 0.1) is 11.3 Å². The minimum Gasteiger partial charge on any atom is -0.354 e. The van der Waals surface area contributed by atoms with Gasteiger partial charge in [-0.2, -0.15) is 0 Å². The topological polar surface area (TPSA) is 53.2 Å². The molecule has 0 aliphatic carbocycles. The lowest BCUT2D eigenvalue weighted by Gasteiger charge is -2.20. The normalized spacial score (nSPS) is 11.0. The maximum absolute atomic E-state index is 13.4. The molecule has 28 heavy (non-hydrogen) atoms. The van der Waals surface area contributed by atoms with E-state index >= 15 is 0 Å². The lowest BCUT2D eigenvalue weighted by atomic mass is 10.0. The first kappa shape index (κ1) is 20.1. The van der Waals surface area contributed by atoms with Gasteiger partial charge < -0.3 is 9.88 Å². The summed E-state index contributed by atoms with van der Waals surface area (Å²) >= 11 is 6.14. The molecule has 3 aromatic rings. The number of carbonyl (C=O) groups excluding carboxylic acids is 2. The number of aromatic amines is 1. The Morgan fingerprint density at radius 1 is 1.04 bits per heavy atom. The summed E-state index contributed by atoms with van der Waals surface area (Å²) in [7, 11) is 0. The van der Waals surface area contributed by atoms with Crippen LogP contribution in [0.2, 0.25) is 5.02 Å². The highest BCUT2D eigenvalue weighted by Crippen LogP contribution is 2.33. The summed E-state index contributed by atoms with van der Waals surface area (Å²) in [4.78, 5) is 31.0. The predicted molar refractivity (Wildman–Crippen MR) is 110 cm³/mol. The molecule has 0 bridgehead atoms. The Hall–Kier alpha value is -2.66. The maximum atomic E-state index is 13.4. The molecule has 146 valence electrons. The first-order valence-electron chi connectivity index (χ1n) is 9.37. The van der Waals surface area contributed by atoms with Crippen LogP contribution in [-0.2, 0) is 4.79 Å². The van der Waals surface area contributed by atoms with Crippen LogP contribution in [0.3, 0.4) is 0 Å². The summed E-state index contributed by atoms with van der Waals surface area (Å²) in [6.45, 7) is 4.98. The number of fused-ring (bicyclic) bond motifs is 1. The molecular formula is C22H22ClFN2O2. The Balaban J connectivity index is 2.15. The van der Waals surface area contributed by atoms with Crippen LogP contribution in [0.25, 0.3) is 22.2 Å². The Morgan fingerprint density at radius 2 is 1.68 bits per heavy atom. The van der Waals surface area contributed by atoms with Crippen molar-refractivity contribution < 1.29 is 14.0 Å². The van der Waals surface area contributed by atoms with Gasteiger partial charge in [0, 0.05) is 29.0 Å². The van der Waals surface area contributed by atoms with E-state index in [9.17, 15) is 14.0 Å². The number of hydrogen-bond donors (Lipinski definition) is 1. The van der Waals surface area contributed by atoms with E-state index in [0.29, 0.717) is 40.3 Å². The molecule has 0 spiro atoms. The largest absolute Gasteiger partial charge is 0.354 e. The molecule has 1 aromatic heterocycles. The highest BCUT2D eigenvalue weighted by molar-refractivity contribution is 6.46. The molecule has 4 nitrogen and oxygen atoms in total. The fourth-order valence-corrected chi connectivity index (χ4v) is 3.51. The average Bonchev–Trinajstić information content (AvgIpc) is 3.05. The van der Waals surface area contributed by atoms with Gasteiger partial charge in [0.1, 0.15) is 5.82 Å². The molecule has 1 amide bonds. The molecule has 0 saturated heterocycles. The van der Waals surface area contributed by atoms with Crippen molar-refractivity contribution in [2.75, 3.05) is 13.1 Å². The average molecular weight is 401 g/mol. The van der Waals surface area contributed by atoms with Crippen molar-refractivity contribution in [2.45, 2.75) is 26.7 Å². The zero-order valence-corrected chi connectivity index (χ0v) is 16.6. The highest BCUT2D eigenvalue weighted by Gasteiger charge is 2.28. The van der Waals surface area contributed by atoms with Crippen LogP contribution in [0.1, 0.15) is 37.0 Å². The van der Waals surface area contributed by atoms with Gasteiger partial charge in [-0.1, -0.05) is 25.4 Å². The SMILES string of the molecule is CCCN(CCC)C(=O)C(=O)c1c(-c2ccc(F)cc2)[nH]c2ccc(Cl)cc12. The molecule has 0 unspecified atom stereocenters. The number of rotatable bonds is 7. The molecule has 0 radical (unpaired) electrons. The Labute approximate surface area is 168 Å². The second kappa shape index (κ2) is 8.57. The van der Waals surface area contributed by atoms with Gasteiger partial charge in [0.2, 0.25) is 0 Å². The van der Waals surface area contributed by atoms with Crippen molar-refractivity contribution in [2.24, 2.45) is 0 Å². The number of aromatic nitrogens is 1. The number of carbonyl (C=O) groups is 2. The maximum Gasteiger partial charge on any atom is 0.295 e. The minimum atomic E-state index is -0.588. The van der Waals surface area contributed by atoms with Crippen LogP contribution in [0.15, 0.2) is 42.5 Å². The van der Waals surface area contributed by atoms with Crippen LogP contribution >= 0.6 is 11.6 Å². The van der Waals surface area contributed by atoms with Gasteiger partial charge >= 0.3 is 0 Å². The molecule has 6 heteroatoms. The van der Waals surface area contributed by atoms with Crippen LogP contribution < -0.4 is 0 Å². The molecular weight excluding hydrogens is 379 g/mol. The fraction of sp³-hybridized carbons (Fsp3) is 0.273. The van der Waals surface area contributed by atoms with Crippen molar-refractivity contribution in [1.82, 2.24) is 9.88 Å². The molecule has 2 aromatic carbocycles. The summed E-state index contributed by atoms with van der Waals surface area (Å²) in [5.41, 5.74) is 2.08. The van der Waals surface area contributed by atoms with Crippen molar-refractivity contribution in [1.29, 1.82) is 0 Å². The number of benzene rings is 2. The lowest BCUT2D eigenvalue weighted by Crippen LogP contribution is -2.37. The number of Topliss-reactive ketones (excluding diaryl/α,β-unsaturated/α-hetero) is 1. The smallest absolute Gasteiger partial charge is 0.295 e. The van der Waals surface area contributed by atoms with E-state index in [-0.39, 0.29) is 11.4 Å². The van der Waals surface area contributed by atoms with Crippen molar-refractivity contribution in [3.05, 3.63) is 58.9 Å². The van der Waals surface area contributed by atoms with Gasteiger partial charge in [-0.3, -0.25) is 9.59 Å². The van der Waals surface area contributed by atoms with Gasteiger partial charge in [0.25, 0.3) is 11.7 Å². The summed E-state index contributed by atoms with van der Waals surface area (Å²) in [6, 6.07) is 11.0. The molecule has 0 saturated carbocycles. The molecule has 0 aliphatic rings. The first-order valence-corrected chi connectivity index (χ1v) is 9.74. The lowest BCUT2D eigenvalue weighted by molar-refractivity contribution is -0.126. The van der Waals surface area contributed by atoms with Crippen LogP contribution in [0.4, 0.5) is 4.39 Å². The molecule has 1 N–H and O–H groups in total. The first-order chi connectivity index (χ1) is 13.5. The Morgan fingerprint density at radius 3 is 2.29 bits per heavy atom. The van der Waals surface area contributed by atoms with Crippen LogP contribution in [-0.4, -0.2) is 34.7 Å². The van der Waals surface area contributed by atoms with E-state index in [4.69, 9.17) is 11.6 Å². The van der Waals surface area contributed by atoms with Crippen molar-refractivity contribution in [3.63, 3.8) is 0 Å². The third-order valence-electron chi connectivity index (χ3n) is 4.59. The number of hydrogen-bond acceptors (Lipinski definition) is 2. The second-order valence-electron chi connectivity index (χ2n) is 6.69. The molecule has 0 fully saturated rings. The van der Waals surface area contributed by atoms with Crippen molar-refractivity contribution in [3.8, 4) is 11.3 Å². The van der Waals surface area contributed by atoms with Crippen molar-refractivity contribution >= 4 is 34.2 Å². The number of H-pyrrole nitrogens is 1. The van der Waals surface area contributed by atoms with Gasteiger partial charge in [-0.05, 0) is 60.9 Å². The summed E-state index contributed by atoms with van der Waals surface area (Å²) in [5.74, 6) is -1.49. The van der Waals surface area contributed by atoms with Gasteiger partial charge in [-0.15, -0.1) is 0 Å². The zero-order chi connectivity index (χ0) is 20.3. The Bertz CT molecular complexity index is 1010. The van der Waals surface area contributed by atoms with Gasteiger partial charge in [0.15, 0.2) is 0 Å². The van der Waals surface area contributed by atoms with E-state index in [0.717, 1.165) is 12.8 Å². The molecule has 1 heterocycles. The minimum absolute atomic E-state index is 0.270. The fourth-order valence-electron chi connectivity index (χ4n) is 3.34. The number of nitrogens with one attached hydrogen (secondary N) is 1. The van der Waals surface area contributed by atoms with E-state index in [1.54, 1.807) is 35.2 Å². The predicted octanol–water partition coefficient (Wildman–Crippen LogP) is 5.46. The number of halogens is 2. The highest BCUT2D eigenvalue weighted by atomic mass is 35.5. The number of ketones is 1. The summed E-state index contributed by atoms with van der Waals surface area (Å²) in [6.07, 6.45) is 1.53. The van der Waals surface area contributed by atoms with Crippen LogP contribution in [0, 0.1) is 5.82 Å². The van der Waals surface area contributed by atoms with E-state index < -0.39 is 11.7 Å². The number of amides is 1. The molecule has 0 aliphatic heterocycles. The monoisotopic (exact) mass is 400 g/mol. The second-order valence-corrected chi connectivity index (χ2v) is 7.13. The quantitative estimate of drug-likeness (QED) is 0.423. The zero-order valence-electron chi connectivity index (χ0n) is 15.9. The number of nitrogens with zero attached hydrogens (tertiary/aromatic N) is 1. The standard InChI is InChI=1S/C22H22ClFN2O2/c1-3-11-26(12-4-2)22(28)21(27)19-17-13-15(23)7-10-18(17)25-20(19)14-5-8-16(24)9-6-14/h5-10,13,25H,3-4,11-12H2,1-2H3.